The molecule has 1 aromatic carbocycles. The van der Waals surface area contributed by atoms with E-state index in [1.807, 2.05) is 38.1 Å². The van der Waals surface area contributed by atoms with Gasteiger partial charge in [0.15, 0.2) is 0 Å². The predicted molar refractivity (Wildman–Crippen MR) is 75.7 cm³/mol. The van der Waals surface area contributed by atoms with E-state index in [9.17, 15) is 4.79 Å². The molecule has 2 aromatic rings. The third kappa shape index (κ3) is 3.10. The van der Waals surface area contributed by atoms with E-state index in [0.29, 0.717) is 5.56 Å². The third-order valence-corrected chi connectivity index (χ3v) is 3.01. The second-order valence-corrected chi connectivity index (χ2v) is 4.54. The van der Waals surface area contributed by atoms with Gasteiger partial charge >= 0.3 is 0 Å². The number of pyridine rings is 1. The number of nitrogens with one attached hydrogen (secondary N) is 1. The number of amides is 1. The largest absolute Gasteiger partial charge is 0.383 e. The minimum absolute atomic E-state index is 0.0762. The maximum Gasteiger partial charge on any atom is 0.255 e. The number of carbonyl (C=O) groups excluding carboxylic acids is 1. The number of rotatable bonds is 3. The Balaban J connectivity index is 2.11. The van der Waals surface area contributed by atoms with Crippen LogP contribution in [0.4, 0.5) is 5.82 Å². The summed E-state index contributed by atoms with van der Waals surface area (Å²) in [5, 5.41) is 2.91. The molecule has 0 saturated heterocycles. The molecule has 1 atom stereocenters. The molecule has 0 spiro atoms. The lowest BCUT2D eigenvalue weighted by molar-refractivity contribution is 0.0940. The van der Waals surface area contributed by atoms with Gasteiger partial charge in [-0.3, -0.25) is 4.79 Å². The molecule has 3 N–H and O–H groups in total. The van der Waals surface area contributed by atoms with Gasteiger partial charge in [-0.05, 0) is 31.5 Å². The lowest BCUT2D eigenvalue weighted by Gasteiger charge is -2.15. The first-order valence-corrected chi connectivity index (χ1v) is 6.16. The van der Waals surface area contributed by atoms with E-state index >= 15 is 0 Å². The molecule has 1 aromatic heterocycles. The van der Waals surface area contributed by atoms with Crippen LogP contribution in [0.3, 0.4) is 0 Å². The highest BCUT2D eigenvalue weighted by Gasteiger charge is 2.13. The maximum atomic E-state index is 12.1. The Kier molecular flexibility index (Phi) is 3.80. The van der Waals surface area contributed by atoms with Gasteiger partial charge in [-0.25, -0.2) is 4.98 Å². The van der Waals surface area contributed by atoms with Crippen LogP contribution in [0.15, 0.2) is 42.6 Å². The number of aromatic nitrogens is 1. The number of benzene rings is 1. The topological polar surface area (TPSA) is 68.0 Å². The Labute approximate surface area is 112 Å². The Bertz CT molecular complexity index is 578. The maximum absolute atomic E-state index is 12.1. The number of anilines is 1. The minimum Gasteiger partial charge on any atom is -0.383 e. The highest BCUT2D eigenvalue weighted by molar-refractivity contribution is 5.98. The highest BCUT2D eigenvalue weighted by atomic mass is 16.1. The van der Waals surface area contributed by atoms with Crippen molar-refractivity contribution >= 4 is 11.7 Å². The van der Waals surface area contributed by atoms with E-state index in [2.05, 4.69) is 10.3 Å². The molecule has 19 heavy (non-hydrogen) atoms. The molecule has 0 aliphatic heterocycles. The first-order chi connectivity index (χ1) is 9.08. The van der Waals surface area contributed by atoms with E-state index in [-0.39, 0.29) is 17.8 Å². The second kappa shape index (κ2) is 5.52. The van der Waals surface area contributed by atoms with Gasteiger partial charge in [0.2, 0.25) is 0 Å². The Morgan fingerprint density at radius 3 is 2.58 bits per heavy atom. The average molecular weight is 255 g/mol. The number of hydrogen-bond acceptors (Lipinski definition) is 3. The molecule has 4 nitrogen and oxygen atoms in total. The number of aryl methyl sites for hydroxylation is 1. The van der Waals surface area contributed by atoms with Crippen molar-refractivity contribution in [1.29, 1.82) is 0 Å². The average Bonchev–Trinajstić information content (AvgIpc) is 2.39. The number of nitrogen functional groups attached to an aromatic ring is 1. The van der Waals surface area contributed by atoms with Crippen LogP contribution in [0.2, 0.25) is 0 Å². The number of hydrogen-bond donors (Lipinski definition) is 2. The molecule has 0 aliphatic carbocycles. The third-order valence-electron chi connectivity index (χ3n) is 3.01. The number of nitrogens with two attached hydrogens (primary N) is 1. The first-order valence-electron chi connectivity index (χ1n) is 6.16. The monoisotopic (exact) mass is 255 g/mol. The number of carbonyl (C=O) groups is 1. The fourth-order valence-corrected chi connectivity index (χ4v) is 1.82. The summed E-state index contributed by atoms with van der Waals surface area (Å²) in [6.07, 6.45) is 1.56. The smallest absolute Gasteiger partial charge is 0.255 e. The van der Waals surface area contributed by atoms with Crippen molar-refractivity contribution in [3.05, 3.63) is 59.3 Å². The fourth-order valence-electron chi connectivity index (χ4n) is 1.82. The molecular formula is C15H17N3O. The van der Waals surface area contributed by atoms with Gasteiger partial charge in [-0.15, -0.1) is 0 Å². The zero-order valence-electron chi connectivity index (χ0n) is 11.1. The molecule has 98 valence electrons. The lowest BCUT2D eigenvalue weighted by atomic mass is 10.1. The molecule has 1 amide bonds. The Morgan fingerprint density at radius 2 is 1.95 bits per heavy atom. The predicted octanol–water partition coefficient (Wildman–Crippen LogP) is 2.46. The molecule has 0 saturated carbocycles. The van der Waals surface area contributed by atoms with Gasteiger partial charge in [-0.1, -0.05) is 29.8 Å². The molecule has 1 heterocycles. The first kappa shape index (κ1) is 13.1. The molecule has 0 bridgehead atoms. The van der Waals surface area contributed by atoms with Crippen molar-refractivity contribution in [2.75, 3.05) is 5.73 Å². The van der Waals surface area contributed by atoms with Gasteiger partial charge in [0.05, 0.1) is 11.6 Å². The SMILES string of the molecule is Cc1ccc(C(C)NC(=O)c2cccnc2N)cc1. The summed E-state index contributed by atoms with van der Waals surface area (Å²) >= 11 is 0. The van der Waals surface area contributed by atoms with E-state index in [1.165, 1.54) is 5.56 Å². The molecule has 2 rings (SSSR count). The second-order valence-electron chi connectivity index (χ2n) is 4.54. The van der Waals surface area contributed by atoms with Crippen LogP contribution in [-0.4, -0.2) is 10.9 Å². The fraction of sp³-hybridized carbons (Fsp3) is 0.200. The zero-order valence-corrected chi connectivity index (χ0v) is 11.1. The highest BCUT2D eigenvalue weighted by Crippen LogP contribution is 2.15. The quantitative estimate of drug-likeness (QED) is 0.885. The van der Waals surface area contributed by atoms with E-state index in [1.54, 1.807) is 18.3 Å². The summed E-state index contributed by atoms with van der Waals surface area (Å²) in [6.45, 7) is 3.97. The van der Waals surface area contributed by atoms with Crippen LogP contribution in [-0.2, 0) is 0 Å². The summed E-state index contributed by atoms with van der Waals surface area (Å²) in [5.41, 5.74) is 8.34. The standard InChI is InChI=1S/C15H17N3O/c1-10-5-7-12(8-6-10)11(2)18-15(19)13-4-3-9-17-14(13)16/h3-9,11H,1-2H3,(H2,16,17)(H,18,19). The normalized spacial score (nSPS) is 11.9. The Morgan fingerprint density at radius 1 is 1.26 bits per heavy atom. The lowest BCUT2D eigenvalue weighted by Crippen LogP contribution is -2.27. The summed E-state index contributed by atoms with van der Waals surface area (Å²) < 4.78 is 0. The summed E-state index contributed by atoms with van der Waals surface area (Å²) in [6, 6.07) is 11.3. The van der Waals surface area contributed by atoms with Crippen LogP contribution in [0.5, 0.6) is 0 Å². The van der Waals surface area contributed by atoms with E-state index < -0.39 is 0 Å². The van der Waals surface area contributed by atoms with Crippen LogP contribution < -0.4 is 11.1 Å². The van der Waals surface area contributed by atoms with Crippen molar-refractivity contribution in [1.82, 2.24) is 10.3 Å². The number of nitrogens with zero attached hydrogens (tertiary/aromatic N) is 1. The van der Waals surface area contributed by atoms with Crippen molar-refractivity contribution in [2.45, 2.75) is 19.9 Å². The van der Waals surface area contributed by atoms with Crippen molar-refractivity contribution in [3.63, 3.8) is 0 Å². The van der Waals surface area contributed by atoms with E-state index in [4.69, 9.17) is 5.73 Å². The van der Waals surface area contributed by atoms with Crippen LogP contribution in [0, 0.1) is 6.92 Å². The van der Waals surface area contributed by atoms with Crippen molar-refractivity contribution in [3.8, 4) is 0 Å². The molecule has 0 fully saturated rings. The molecule has 0 aliphatic rings. The molecule has 0 radical (unpaired) electrons. The molecular weight excluding hydrogens is 238 g/mol. The zero-order chi connectivity index (χ0) is 13.8. The summed E-state index contributed by atoms with van der Waals surface area (Å²) in [7, 11) is 0. The van der Waals surface area contributed by atoms with Crippen LogP contribution >= 0.6 is 0 Å². The van der Waals surface area contributed by atoms with Crippen molar-refractivity contribution < 1.29 is 4.79 Å². The molecule has 1 unspecified atom stereocenters. The Hall–Kier alpha value is -2.36. The van der Waals surface area contributed by atoms with Gasteiger partial charge < -0.3 is 11.1 Å². The minimum atomic E-state index is -0.210. The van der Waals surface area contributed by atoms with Crippen LogP contribution in [0.25, 0.3) is 0 Å². The molecule has 4 heteroatoms. The van der Waals surface area contributed by atoms with Gasteiger partial charge in [0.25, 0.3) is 5.91 Å². The summed E-state index contributed by atoms with van der Waals surface area (Å²) in [5.74, 6) is 0.0368. The van der Waals surface area contributed by atoms with Gasteiger partial charge in [-0.2, -0.15) is 0 Å². The van der Waals surface area contributed by atoms with Crippen molar-refractivity contribution in [2.24, 2.45) is 0 Å². The summed E-state index contributed by atoms with van der Waals surface area (Å²) in [4.78, 5) is 16.0. The van der Waals surface area contributed by atoms with E-state index in [0.717, 1.165) is 5.56 Å². The van der Waals surface area contributed by atoms with Crippen LogP contribution in [0.1, 0.15) is 34.5 Å². The van der Waals surface area contributed by atoms with Gasteiger partial charge in [0.1, 0.15) is 5.82 Å². The van der Waals surface area contributed by atoms with Gasteiger partial charge in [0, 0.05) is 6.20 Å².